The largest absolute Gasteiger partial charge is 0.507 e. The summed E-state index contributed by atoms with van der Waals surface area (Å²) >= 11 is 0. The highest BCUT2D eigenvalue weighted by atomic mass is 16.5. The number of rotatable bonds is 6. The number of para-hydroxylation sites is 1. The van der Waals surface area contributed by atoms with Gasteiger partial charge in [-0.2, -0.15) is 0 Å². The van der Waals surface area contributed by atoms with Gasteiger partial charge in [-0.15, -0.1) is 0 Å². The molecule has 0 saturated carbocycles. The van der Waals surface area contributed by atoms with Crippen LogP contribution >= 0.6 is 0 Å². The minimum atomic E-state index is -1.36. The van der Waals surface area contributed by atoms with Crippen LogP contribution in [-0.2, 0) is 25.5 Å². The van der Waals surface area contributed by atoms with Crippen LogP contribution in [0.3, 0.4) is 0 Å². The molecular weight excluding hydrogens is 502 g/mol. The second-order valence-corrected chi connectivity index (χ2v) is 10.1. The number of ether oxygens (including phenoxy) is 1. The highest BCUT2D eigenvalue weighted by molar-refractivity contribution is 6.00. The van der Waals surface area contributed by atoms with Gasteiger partial charge in [0.1, 0.15) is 11.8 Å². The van der Waals surface area contributed by atoms with Crippen LogP contribution in [0.1, 0.15) is 50.0 Å². The molecule has 10 nitrogen and oxygen atoms in total. The van der Waals surface area contributed by atoms with E-state index >= 15 is 0 Å². The highest BCUT2D eigenvalue weighted by Gasteiger charge is 2.40. The predicted octanol–water partition coefficient (Wildman–Crippen LogP) is 1.69. The summed E-state index contributed by atoms with van der Waals surface area (Å²) in [7, 11) is 0. The summed E-state index contributed by atoms with van der Waals surface area (Å²) in [6, 6.07) is 11.9. The third-order valence-electron chi connectivity index (χ3n) is 7.17. The number of aromatic hydroxyl groups is 1. The summed E-state index contributed by atoms with van der Waals surface area (Å²) in [6.45, 7) is 6.63. The fourth-order valence-electron chi connectivity index (χ4n) is 4.45. The lowest BCUT2D eigenvalue weighted by molar-refractivity contribution is -0.167. The van der Waals surface area contributed by atoms with Crippen molar-refractivity contribution in [2.75, 3.05) is 0 Å². The molecule has 1 aliphatic rings. The van der Waals surface area contributed by atoms with Crippen molar-refractivity contribution in [1.82, 2.24) is 16.0 Å². The average molecular weight is 540 g/mol. The number of phenolic OH excluding ortho intramolecular Hbond substituents is 1. The minimum absolute atomic E-state index is 0.0455. The molecular formula is C29H37N3O7. The zero-order valence-corrected chi connectivity index (χ0v) is 22.6. The van der Waals surface area contributed by atoms with Crippen LogP contribution in [0.2, 0.25) is 0 Å². The summed E-state index contributed by atoms with van der Waals surface area (Å²) in [5, 5.41) is 29.5. The monoisotopic (exact) mass is 539 g/mol. The summed E-state index contributed by atoms with van der Waals surface area (Å²) in [5.74, 6) is -4.46. The second-order valence-electron chi connectivity index (χ2n) is 10.1. The zero-order chi connectivity index (χ0) is 28.7. The molecule has 0 aliphatic carbocycles. The number of hydrogen-bond donors (Lipinski definition) is 5. The van der Waals surface area contributed by atoms with E-state index in [1.54, 1.807) is 26.0 Å². The number of benzene rings is 2. The normalized spacial score (nSPS) is 27.2. The van der Waals surface area contributed by atoms with Crippen molar-refractivity contribution in [2.45, 2.75) is 70.9 Å². The first-order valence-corrected chi connectivity index (χ1v) is 13.2. The van der Waals surface area contributed by atoms with Crippen LogP contribution in [-0.4, -0.2) is 64.2 Å². The fourth-order valence-corrected chi connectivity index (χ4v) is 4.45. The summed E-state index contributed by atoms with van der Waals surface area (Å²) in [6.07, 6.45) is -1.79. The van der Waals surface area contributed by atoms with Crippen molar-refractivity contribution >= 4 is 23.7 Å². The molecule has 1 saturated heterocycles. The Morgan fingerprint density at radius 2 is 1.64 bits per heavy atom. The molecule has 1 fully saturated rings. The van der Waals surface area contributed by atoms with Crippen molar-refractivity contribution < 1.29 is 34.1 Å². The lowest BCUT2D eigenvalue weighted by Crippen LogP contribution is -2.62. The fraction of sp³-hybridized carbons (Fsp3) is 0.448. The third-order valence-corrected chi connectivity index (χ3v) is 7.17. The maximum atomic E-state index is 13.6. The zero-order valence-electron chi connectivity index (χ0n) is 22.6. The van der Waals surface area contributed by atoms with Crippen LogP contribution in [0, 0.1) is 11.8 Å². The van der Waals surface area contributed by atoms with Gasteiger partial charge in [0.2, 0.25) is 5.91 Å². The first-order valence-electron chi connectivity index (χ1n) is 13.2. The van der Waals surface area contributed by atoms with Gasteiger partial charge >= 0.3 is 5.97 Å². The molecule has 3 amide bonds. The minimum Gasteiger partial charge on any atom is -0.507 e. The molecule has 10 heteroatoms. The first kappa shape index (κ1) is 29.6. The predicted molar refractivity (Wildman–Crippen MR) is 144 cm³/mol. The van der Waals surface area contributed by atoms with Crippen molar-refractivity contribution in [1.29, 1.82) is 0 Å². The molecule has 1 aliphatic heterocycles. The molecule has 1 heterocycles. The number of aliphatic hydroxyl groups excluding tert-OH is 1. The molecule has 5 N–H and O–H groups in total. The van der Waals surface area contributed by atoms with Gasteiger partial charge in [0.05, 0.1) is 29.7 Å². The van der Waals surface area contributed by atoms with E-state index in [-0.39, 0.29) is 23.7 Å². The van der Waals surface area contributed by atoms with E-state index in [4.69, 9.17) is 4.74 Å². The van der Waals surface area contributed by atoms with Crippen LogP contribution in [0.15, 0.2) is 54.6 Å². The molecule has 210 valence electrons. The Labute approximate surface area is 228 Å². The number of carbonyl (C=O) groups excluding carboxylic acids is 4. The molecule has 2 unspecified atom stereocenters. The molecule has 3 rings (SSSR count). The highest BCUT2D eigenvalue weighted by Crippen LogP contribution is 2.21. The lowest BCUT2D eigenvalue weighted by atomic mass is 9.91. The molecule has 0 spiro atoms. The van der Waals surface area contributed by atoms with E-state index < -0.39 is 59.9 Å². The number of aliphatic hydroxyl groups is 1. The number of phenols is 1. The molecule has 7 atom stereocenters. The molecule has 0 radical (unpaired) electrons. The Kier molecular flexibility index (Phi) is 10.1. The van der Waals surface area contributed by atoms with E-state index in [0.29, 0.717) is 6.42 Å². The Morgan fingerprint density at radius 1 is 1.00 bits per heavy atom. The topological polar surface area (TPSA) is 154 Å². The second kappa shape index (κ2) is 13.2. The molecule has 39 heavy (non-hydrogen) atoms. The summed E-state index contributed by atoms with van der Waals surface area (Å²) in [4.78, 5) is 52.9. The van der Waals surface area contributed by atoms with E-state index in [2.05, 4.69) is 16.0 Å². The lowest BCUT2D eigenvalue weighted by Gasteiger charge is -2.34. The number of esters is 1. The van der Waals surface area contributed by atoms with Gasteiger partial charge in [-0.25, -0.2) is 0 Å². The average Bonchev–Trinajstić information content (AvgIpc) is 2.92. The van der Waals surface area contributed by atoms with E-state index in [1.807, 2.05) is 37.3 Å². The summed E-state index contributed by atoms with van der Waals surface area (Å²) in [5.41, 5.74) is 0.763. The third kappa shape index (κ3) is 7.35. The van der Waals surface area contributed by atoms with Crippen LogP contribution in [0.4, 0.5) is 0 Å². The van der Waals surface area contributed by atoms with Gasteiger partial charge in [0.25, 0.3) is 11.8 Å². The van der Waals surface area contributed by atoms with Gasteiger partial charge in [-0.1, -0.05) is 56.3 Å². The Bertz CT molecular complexity index is 1170. The van der Waals surface area contributed by atoms with Gasteiger partial charge in [0.15, 0.2) is 6.10 Å². The van der Waals surface area contributed by atoms with Crippen LogP contribution in [0.5, 0.6) is 5.75 Å². The molecule has 0 aromatic heterocycles. The van der Waals surface area contributed by atoms with Crippen LogP contribution in [0.25, 0.3) is 0 Å². The number of amides is 3. The van der Waals surface area contributed by atoms with Crippen LogP contribution < -0.4 is 16.0 Å². The van der Waals surface area contributed by atoms with Crippen molar-refractivity contribution in [3.05, 3.63) is 65.7 Å². The molecule has 2 aromatic carbocycles. The number of hydrogen-bond acceptors (Lipinski definition) is 7. The van der Waals surface area contributed by atoms with Crippen molar-refractivity contribution in [3.8, 4) is 5.75 Å². The number of carbonyl (C=O) groups is 4. The molecule has 0 bridgehead atoms. The van der Waals surface area contributed by atoms with Gasteiger partial charge in [-0.05, 0) is 44.4 Å². The maximum absolute atomic E-state index is 13.6. The Balaban J connectivity index is 2.00. The smallest absolute Gasteiger partial charge is 0.312 e. The first-order chi connectivity index (χ1) is 18.5. The summed E-state index contributed by atoms with van der Waals surface area (Å²) < 4.78 is 5.60. The van der Waals surface area contributed by atoms with Gasteiger partial charge in [0, 0.05) is 5.92 Å². The number of cyclic esters (lactones) is 1. The van der Waals surface area contributed by atoms with E-state index in [0.717, 1.165) is 5.56 Å². The SMILES string of the molecule is CCC(C)C1OC(=O)[C@H](C)[C@H](O)[C@H](Cc2ccccc2)NC(=O)[C@@H](NC(=O)c2ccccc2O)[C@@H](C)NC1=O. The standard InChI is InChI=1S/C29H37N3O7/c1-5-16(2)25-28(37)30-18(4)23(32-26(35)20-13-9-10-14-22(20)33)27(36)31-21(15-19-11-7-6-8-12-19)24(34)17(3)29(38)39-25/h6-14,16-18,21,23-25,33-34H,5,15H2,1-4H3,(H,30,37)(H,31,36)(H,32,35)/t16?,17-,18-,21+,23+,24+,25?/m1/s1. The van der Waals surface area contributed by atoms with Gasteiger partial charge in [-0.3, -0.25) is 19.2 Å². The van der Waals surface area contributed by atoms with Crippen molar-refractivity contribution in [2.24, 2.45) is 11.8 Å². The molecule has 2 aromatic rings. The van der Waals surface area contributed by atoms with Gasteiger partial charge < -0.3 is 30.9 Å². The van der Waals surface area contributed by atoms with Crippen molar-refractivity contribution in [3.63, 3.8) is 0 Å². The maximum Gasteiger partial charge on any atom is 0.312 e. The Hall–Kier alpha value is -3.92. The Morgan fingerprint density at radius 3 is 2.28 bits per heavy atom. The number of nitrogens with one attached hydrogen (secondary N) is 3. The van der Waals surface area contributed by atoms with E-state index in [9.17, 15) is 29.4 Å². The van der Waals surface area contributed by atoms with E-state index in [1.165, 1.54) is 19.1 Å². The quantitative estimate of drug-likeness (QED) is 0.350.